The fourth-order valence-corrected chi connectivity index (χ4v) is 2.69. The summed E-state index contributed by atoms with van der Waals surface area (Å²) >= 11 is 0. The maximum atomic E-state index is 11.8. The Morgan fingerprint density at radius 3 is 2.67 bits per heavy atom. The molecule has 130 valence electrons. The van der Waals surface area contributed by atoms with E-state index in [0.29, 0.717) is 6.54 Å². The lowest BCUT2D eigenvalue weighted by Gasteiger charge is -2.23. The lowest BCUT2D eigenvalue weighted by atomic mass is 10.2. The van der Waals surface area contributed by atoms with Crippen LogP contribution in [0.4, 0.5) is 0 Å². The van der Waals surface area contributed by atoms with Crippen LogP contribution in [0.15, 0.2) is 41.6 Å². The van der Waals surface area contributed by atoms with E-state index in [9.17, 15) is 9.90 Å². The van der Waals surface area contributed by atoms with Crippen molar-refractivity contribution in [2.75, 3.05) is 13.1 Å². The topological polar surface area (TPSA) is 58.4 Å². The first-order valence-electron chi connectivity index (χ1n) is 8.67. The number of aromatic nitrogens is 2. The van der Waals surface area contributed by atoms with Gasteiger partial charge in [0.2, 0.25) is 5.43 Å². The lowest BCUT2D eigenvalue weighted by molar-refractivity contribution is 0.274. The van der Waals surface area contributed by atoms with E-state index < -0.39 is 0 Å². The predicted molar refractivity (Wildman–Crippen MR) is 96.2 cm³/mol. The molecule has 1 N–H and O–H groups in total. The van der Waals surface area contributed by atoms with Crippen LogP contribution in [0.1, 0.15) is 37.9 Å². The molecule has 0 saturated heterocycles. The molecule has 0 spiro atoms. The van der Waals surface area contributed by atoms with Crippen molar-refractivity contribution in [3.8, 4) is 5.75 Å². The number of hydrogen-bond donors (Lipinski definition) is 1. The lowest BCUT2D eigenvalue weighted by Crippen LogP contribution is -2.28. The number of aromatic hydroxyl groups is 1. The van der Waals surface area contributed by atoms with Gasteiger partial charge in [-0.1, -0.05) is 20.3 Å². The summed E-state index contributed by atoms with van der Waals surface area (Å²) < 4.78 is 2.01. The van der Waals surface area contributed by atoms with Crippen LogP contribution in [0.3, 0.4) is 0 Å². The highest BCUT2D eigenvalue weighted by Crippen LogP contribution is 2.11. The highest BCUT2D eigenvalue weighted by atomic mass is 16.3. The molecule has 2 rings (SSSR count). The van der Waals surface area contributed by atoms with Gasteiger partial charge in [-0.3, -0.25) is 14.7 Å². The minimum atomic E-state index is -0.303. The summed E-state index contributed by atoms with van der Waals surface area (Å²) in [6.45, 7) is 7.62. The number of nitrogens with zero attached hydrogens (tertiary/aromatic N) is 3. The van der Waals surface area contributed by atoms with Crippen molar-refractivity contribution in [2.45, 2.75) is 46.2 Å². The maximum absolute atomic E-state index is 11.8. The molecule has 2 heterocycles. The number of aryl methyl sites for hydroxylation is 1. The third-order valence-electron chi connectivity index (χ3n) is 4.25. The van der Waals surface area contributed by atoms with Gasteiger partial charge in [-0.05, 0) is 37.1 Å². The molecule has 0 aliphatic carbocycles. The SMILES string of the molecule is CCCCn1cc(O)c(=O)cc1CN(CC)CCc1ccncc1. The Bertz CT molecular complexity index is 683. The van der Waals surface area contributed by atoms with Crippen LogP contribution in [0.5, 0.6) is 5.75 Å². The van der Waals surface area contributed by atoms with Crippen LogP contribution in [0.2, 0.25) is 0 Å². The molecule has 0 saturated carbocycles. The zero-order valence-electron chi connectivity index (χ0n) is 14.6. The quantitative estimate of drug-likeness (QED) is 0.768. The minimum absolute atomic E-state index is 0.172. The van der Waals surface area contributed by atoms with E-state index in [-0.39, 0.29) is 11.2 Å². The Morgan fingerprint density at radius 1 is 1.25 bits per heavy atom. The molecule has 0 aliphatic heterocycles. The average Bonchev–Trinajstić information content (AvgIpc) is 2.61. The molecule has 0 aromatic carbocycles. The van der Waals surface area contributed by atoms with Crippen molar-refractivity contribution >= 4 is 0 Å². The number of rotatable bonds is 9. The summed E-state index contributed by atoms with van der Waals surface area (Å²) in [5, 5.41) is 9.71. The molecule has 2 aromatic heterocycles. The third-order valence-corrected chi connectivity index (χ3v) is 4.25. The molecule has 0 bridgehead atoms. The van der Waals surface area contributed by atoms with Gasteiger partial charge in [0.1, 0.15) is 0 Å². The fraction of sp³-hybridized carbons (Fsp3) is 0.474. The molecular formula is C19H27N3O2. The van der Waals surface area contributed by atoms with Gasteiger partial charge in [0.25, 0.3) is 0 Å². The Morgan fingerprint density at radius 2 is 2.00 bits per heavy atom. The minimum Gasteiger partial charge on any atom is -0.503 e. The Hall–Kier alpha value is -2.14. The standard InChI is InChI=1S/C19H27N3O2/c1-3-5-11-22-15-19(24)18(23)13-17(22)14-21(4-2)12-8-16-6-9-20-10-7-16/h6-7,9-10,13,15,24H,3-5,8,11-12,14H2,1-2H3. The Kier molecular flexibility index (Phi) is 7.00. The second-order valence-corrected chi connectivity index (χ2v) is 6.04. The van der Waals surface area contributed by atoms with Gasteiger partial charge in [-0.15, -0.1) is 0 Å². The van der Waals surface area contributed by atoms with E-state index in [1.807, 2.05) is 29.1 Å². The van der Waals surface area contributed by atoms with E-state index in [0.717, 1.165) is 44.6 Å². The van der Waals surface area contributed by atoms with Gasteiger partial charge in [-0.25, -0.2) is 0 Å². The molecule has 0 fully saturated rings. The molecule has 0 aliphatic rings. The summed E-state index contributed by atoms with van der Waals surface area (Å²) in [5.74, 6) is -0.172. The first-order valence-corrected chi connectivity index (χ1v) is 8.67. The molecule has 2 aromatic rings. The normalized spacial score (nSPS) is 11.1. The van der Waals surface area contributed by atoms with Crippen molar-refractivity contribution in [1.82, 2.24) is 14.5 Å². The Balaban J connectivity index is 2.08. The first-order chi connectivity index (χ1) is 11.6. The highest BCUT2D eigenvalue weighted by Gasteiger charge is 2.10. The Labute approximate surface area is 143 Å². The smallest absolute Gasteiger partial charge is 0.223 e. The molecule has 0 amide bonds. The van der Waals surface area contributed by atoms with Crippen molar-refractivity contribution in [1.29, 1.82) is 0 Å². The molecule has 5 nitrogen and oxygen atoms in total. The first kappa shape index (κ1) is 18.2. The summed E-state index contributed by atoms with van der Waals surface area (Å²) in [4.78, 5) is 18.2. The largest absolute Gasteiger partial charge is 0.503 e. The highest BCUT2D eigenvalue weighted by molar-refractivity contribution is 5.20. The molecule has 5 heteroatoms. The summed E-state index contributed by atoms with van der Waals surface area (Å²) in [6, 6.07) is 5.64. The number of hydrogen-bond acceptors (Lipinski definition) is 4. The zero-order valence-corrected chi connectivity index (χ0v) is 14.6. The van der Waals surface area contributed by atoms with Gasteiger partial charge >= 0.3 is 0 Å². The van der Waals surface area contributed by atoms with Crippen LogP contribution in [0.25, 0.3) is 0 Å². The van der Waals surface area contributed by atoms with Gasteiger partial charge in [0, 0.05) is 43.8 Å². The van der Waals surface area contributed by atoms with Gasteiger partial charge in [0.05, 0.1) is 6.20 Å². The van der Waals surface area contributed by atoms with Gasteiger partial charge in [0.15, 0.2) is 5.75 Å². The molecule has 0 radical (unpaired) electrons. The van der Waals surface area contributed by atoms with Crippen molar-refractivity contribution in [3.63, 3.8) is 0 Å². The van der Waals surface area contributed by atoms with Crippen molar-refractivity contribution < 1.29 is 5.11 Å². The van der Waals surface area contributed by atoms with Crippen molar-refractivity contribution in [3.05, 3.63) is 58.3 Å². The van der Waals surface area contributed by atoms with E-state index in [4.69, 9.17) is 0 Å². The second-order valence-electron chi connectivity index (χ2n) is 6.04. The summed E-state index contributed by atoms with van der Waals surface area (Å²) in [6.07, 6.45) is 8.25. The number of likely N-dealkylation sites (N-methyl/N-ethyl adjacent to an activating group) is 1. The summed E-state index contributed by atoms with van der Waals surface area (Å²) in [5.41, 5.74) is 1.92. The second kappa shape index (κ2) is 9.23. The van der Waals surface area contributed by atoms with Gasteiger partial charge in [-0.2, -0.15) is 0 Å². The zero-order chi connectivity index (χ0) is 17.4. The molecular weight excluding hydrogens is 302 g/mol. The van der Waals surface area contributed by atoms with Crippen LogP contribution in [0, 0.1) is 0 Å². The molecule has 0 unspecified atom stereocenters. The monoisotopic (exact) mass is 329 g/mol. The molecule has 0 atom stereocenters. The number of pyridine rings is 2. The summed E-state index contributed by atoms with van der Waals surface area (Å²) in [7, 11) is 0. The van der Waals surface area contributed by atoms with E-state index in [1.54, 1.807) is 12.3 Å². The predicted octanol–water partition coefficient (Wildman–Crippen LogP) is 2.81. The van der Waals surface area contributed by atoms with Crippen LogP contribution in [-0.2, 0) is 19.5 Å². The van der Waals surface area contributed by atoms with E-state index >= 15 is 0 Å². The fourth-order valence-electron chi connectivity index (χ4n) is 2.69. The van der Waals surface area contributed by atoms with E-state index in [1.165, 1.54) is 5.56 Å². The third kappa shape index (κ3) is 5.20. The van der Waals surface area contributed by atoms with Crippen LogP contribution < -0.4 is 5.43 Å². The maximum Gasteiger partial charge on any atom is 0.223 e. The van der Waals surface area contributed by atoms with Crippen LogP contribution in [-0.4, -0.2) is 32.6 Å². The van der Waals surface area contributed by atoms with Crippen LogP contribution >= 0.6 is 0 Å². The molecule has 24 heavy (non-hydrogen) atoms. The average molecular weight is 329 g/mol. The van der Waals surface area contributed by atoms with Crippen molar-refractivity contribution in [2.24, 2.45) is 0 Å². The number of unbranched alkanes of at least 4 members (excludes halogenated alkanes) is 1. The van der Waals surface area contributed by atoms with Gasteiger partial charge < -0.3 is 9.67 Å². The van der Waals surface area contributed by atoms with E-state index in [2.05, 4.69) is 23.7 Å².